The number of benzene rings is 1. The smallest absolute Gasteiger partial charge is 0.412 e. The molecule has 6 heteroatoms. The summed E-state index contributed by atoms with van der Waals surface area (Å²) in [5, 5.41) is 2.73. The lowest BCUT2D eigenvalue weighted by Crippen LogP contribution is -2.27. The zero-order chi connectivity index (χ0) is 17.3. The summed E-state index contributed by atoms with van der Waals surface area (Å²) in [7, 11) is 0. The molecule has 0 fully saturated rings. The molecule has 0 aliphatic heterocycles. The SMILES string of the molecule is CC(C)(C)OC(=O)Nc1ccc2nc(-c3ccc(Br)cc3)cn2c1. The van der Waals surface area contributed by atoms with Crippen molar-refractivity contribution < 1.29 is 9.53 Å². The Morgan fingerprint density at radius 3 is 2.50 bits per heavy atom. The Bertz CT molecular complexity index is 879. The van der Waals surface area contributed by atoms with Gasteiger partial charge in [0.2, 0.25) is 0 Å². The third-order valence-corrected chi connectivity index (χ3v) is 3.76. The third-order valence-electron chi connectivity index (χ3n) is 3.24. The van der Waals surface area contributed by atoms with Crippen LogP contribution in [0.2, 0.25) is 0 Å². The molecule has 1 amide bonds. The van der Waals surface area contributed by atoms with Gasteiger partial charge in [-0.1, -0.05) is 28.1 Å². The number of pyridine rings is 1. The highest BCUT2D eigenvalue weighted by Crippen LogP contribution is 2.22. The summed E-state index contributed by atoms with van der Waals surface area (Å²) in [6, 6.07) is 11.6. The summed E-state index contributed by atoms with van der Waals surface area (Å²) in [5.74, 6) is 0. The molecule has 0 spiro atoms. The number of fused-ring (bicyclic) bond motifs is 1. The summed E-state index contributed by atoms with van der Waals surface area (Å²) >= 11 is 3.43. The first-order chi connectivity index (χ1) is 11.3. The Balaban J connectivity index is 1.84. The number of ether oxygens (including phenoxy) is 1. The molecule has 24 heavy (non-hydrogen) atoms. The molecule has 0 unspecified atom stereocenters. The molecule has 5 nitrogen and oxygen atoms in total. The minimum atomic E-state index is -0.530. The van der Waals surface area contributed by atoms with Gasteiger partial charge in [-0.2, -0.15) is 0 Å². The van der Waals surface area contributed by atoms with Gasteiger partial charge in [-0.15, -0.1) is 0 Å². The zero-order valence-electron chi connectivity index (χ0n) is 13.7. The average Bonchev–Trinajstić information content (AvgIpc) is 2.89. The predicted octanol–water partition coefficient (Wildman–Crippen LogP) is 5.11. The Labute approximate surface area is 148 Å². The van der Waals surface area contributed by atoms with Crippen LogP contribution in [0.5, 0.6) is 0 Å². The van der Waals surface area contributed by atoms with Crippen molar-refractivity contribution in [3.63, 3.8) is 0 Å². The van der Waals surface area contributed by atoms with Crippen molar-refractivity contribution in [1.29, 1.82) is 0 Å². The van der Waals surface area contributed by atoms with Crippen LogP contribution in [-0.4, -0.2) is 21.1 Å². The van der Waals surface area contributed by atoms with Gasteiger partial charge in [0.25, 0.3) is 0 Å². The number of nitrogens with zero attached hydrogens (tertiary/aromatic N) is 2. The number of amides is 1. The number of rotatable bonds is 2. The lowest BCUT2D eigenvalue weighted by molar-refractivity contribution is 0.0636. The number of halogens is 1. The predicted molar refractivity (Wildman–Crippen MR) is 98.2 cm³/mol. The van der Waals surface area contributed by atoms with E-state index in [-0.39, 0.29) is 0 Å². The molecule has 2 aromatic heterocycles. The molecule has 3 rings (SSSR count). The highest BCUT2D eigenvalue weighted by atomic mass is 79.9. The number of imidazole rings is 1. The zero-order valence-corrected chi connectivity index (χ0v) is 15.3. The van der Waals surface area contributed by atoms with Crippen LogP contribution in [0, 0.1) is 0 Å². The number of hydrogen-bond donors (Lipinski definition) is 1. The van der Waals surface area contributed by atoms with Crippen LogP contribution < -0.4 is 5.32 Å². The lowest BCUT2D eigenvalue weighted by Gasteiger charge is -2.19. The fourth-order valence-corrected chi connectivity index (χ4v) is 2.51. The summed E-state index contributed by atoms with van der Waals surface area (Å²) in [5.41, 5.74) is 2.83. The van der Waals surface area contributed by atoms with E-state index in [2.05, 4.69) is 26.2 Å². The standard InChI is InChI=1S/C18H18BrN3O2/c1-18(2,3)24-17(23)20-14-8-9-16-21-15(11-22(16)10-14)12-4-6-13(19)7-5-12/h4-11H,1-3H3,(H,20,23). The van der Waals surface area contributed by atoms with Gasteiger partial charge in [0.05, 0.1) is 11.4 Å². The molecule has 0 bridgehead atoms. The molecule has 0 radical (unpaired) electrons. The maximum absolute atomic E-state index is 11.9. The van der Waals surface area contributed by atoms with Gasteiger partial charge in [0.15, 0.2) is 0 Å². The monoisotopic (exact) mass is 387 g/mol. The van der Waals surface area contributed by atoms with Crippen LogP contribution in [0.4, 0.5) is 10.5 Å². The molecule has 0 atom stereocenters. The molecular weight excluding hydrogens is 370 g/mol. The second kappa shape index (κ2) is 6.28. The molecule has 124 valence electrons. The van der Waals surface area contributed by atoms with Gasteiger partial charge >= 0.3 is 6.09 Å². The van der Waals surface area contributed by atoms with E-state index >= 15 is 0 Å². The quantitative estimate of drug-likeness (QED) is 0.664. The van der Waals surface area contributed by atoms with E-state index in [9.17, 15) is 4.79 Å². The number of aromatic nitrogens is 2. The Hall–Kier alpha value is -2.34. The minimum Gasteiger partial charge on any atom is -0.444 e. The van der Waals surface area contributed by atoms with Crippen molar-refractivity contribution in [2.75, 3.05) is 5.32 Å². The maximum Gasteiger partial charge on any atom is 0.412 e. The fourth-order valence-electron chi connectivity index (χ4n) is 2.25. The van der Waals surface area contributed by atoms with Crippen molar-refractivity contribution in [3.8, 4) is 11.3 Å². The second-order valence-corrected chi connectivity index (χ2v) is 7.36. The Kier molecular flexibility index (Phi) is 4.32. The van der Waals surface area contributed by atoms with Crippen LogP contribution in [0.3, 0.4) is 0 Å². The van der Waals surface area contributed by atoms with Gasteiger partial charge in [-0.05, 0) is 45.0 Å². The van der Waals surface area contributed by atoms with Crippen molar-refractivity contribution in [2.45, 2.75) is 26.4 Å². The number of hydrogen-bond acceptors (Lipinski definition) is 3. The molecule has 3 aromatic rings. The van der Waals surface area contributed by atoms with E-state index in [1.54, 1.807) is 6.07 Å². The molecule has 1 aromatic carbocycles. The van der Waals surface area contributed by atoms with Crippen LogP contribution in [0.15, 0.2) is 53.3 Å². The first-order valence-electron chi connectivity index (χ1n) is 7.55. The second-order valence-electron chi connectivity index (χ2n) is 6.44. The van der Waals surface area contributed by atoms with Gasteiger partial charge in [-0.25, -0.2) is 9.78 Å². The number of carbonyl (C=O) groups is 1. The summed E-state index contributed by atoms with van der Waals surface area (Å²) in [4.78, 5) is 16.5. The normalized spacial score (nSPS) is 11.5. The molecule has 1 N–H and O–H groups in total. The van der Waals surface area contributed by atoms with Crippen molar-refractivity contribution in [3.05, 3.63) is 53.3 Å². The number of carbonyl (C=O) groups excluding carboxylic acids is 1. The first kappa shape index (κ1) is 16.5. The molecule has 0 saturated carbocycles. The third kappa shape index (κ3) is 3.94. The Morgan fingerprint density at radius 1 is 1.12 bits per heavy atom. The highest BCUT2D eigenvalue weighted by Gasteiger charge is 2.16. The van der Waals surface area contributed by atoms with Crippen LogP contribution in [0.1, 0.15) is 20.8 Å². The summed E-state index contributed by atoms with van der Waals surface area (Å²) in [6.07, 6.45) is 3.27. The van der Waals surface area contributed by atoms with Gasteiger partial charge in [0, 0.05) is 22.4 Å². The van der Waals surface area contributed by atoms with Crippen molar-refractivity contribution in [2.24, 2.45) is 0 Å². The van der Waals surface area contributed by atoms with Crippen LogP contribution >= 0.6 is 15.9 Å². The first-order valence-corrected chi connectivity index (χ1v) is 8.34. The van der Waals surface area contributed by atoms with E-state index in [4.69, 9.17) is 4.74 Å². The van der Waals surface area contributed by atoms with Gasteiger partial charge in [0.1, 0.15) is 11.2 Å². The Morgan fingerprint density at radius 2 is 1.83 bits per heavy atom. The van der Waals surface area contributed by atoms with Crippen LogP contribution in [-0.2, 0) is 4.74 Å². The van der Waals surface area contributed by atoms with E-state index < -0.39 is 11.7 Å². The molecule has 2 heterocycles. The van der Waals surface area contributed by atoms with E-state index in [0.29, 0.717) is 5.69 Å². The lowest BCUT2D eigenvalue weighted by atomic mass is 10.2. The maximum atomic E-state index is 11.9. The summed E-state index contributed by atoms with van der Waals surface area (Å²) in [6.45, 7) is 5.49. The van der Waals surface area contributed by atoms with Crippen molar-refractivity contribution in [1.82, 2.24) is 9.38 Å². The van der Waals surface area contributed by atoms with E-state index in [1.807, 2.05) is 67.9 Å². The van der Waals surface area contributed by atoms with Gasteiger partial charge < -0.3 is 9.14 Å². The molecule has 0 saturated heterocycles. The van der Waals surface area contributed by atoms with Crippen molar-refractivity contribution >= 4 is 33.4 Å². The average molecular weight is 388 g/mol. The number of nitrogens with one attached hydrogen (secondary N) is 1. The van der Waals surface area contributed by atoms with Crippen LogP contribution in [0.25, 0.3) is 16.9 Å². The molecule has 0 aliphatic carbocycles. The van der Waals surface area contributed by atoms with E-state index in [0.717, 1.165) is 21.4 Å². The van der Waals surface area contributed by atoms with E-state index in [1.165, 1.54) is 0 Å². The molecule has 0 aliphatic rings. The topological polar surface area (TPSA) is 55.6 Å². The fraction of sp³-hybridized carbons (Fsp3) is 0.222. The minimum absolute atomic E-state index is 0.477. The number of anilines is 1. The molecular formula is C18H18BrN3O2. The largest absolute Gasteiger partial charge is 0.444 e. The summed E-state index contributed by atoms with van der Waals surface area (Å²) < 4.78 is 8.17. The highest BCUT2D eigenvalue weighted by molar-refractivity contribution is 9.10. The van der Waals surface area contributed by atoms with Gasteiger partial charge in [-0.3, -0.25) is 5.32 Å².